The summed E-state index contributed by atoms with van der Waals surface area (Å²) in [5.74, 6) is 0.0567. The van der Waals surface area contributed by atoms with E-state index in [0.29, 0.717) is 5.56 Å². The minimum absolute atomic E-state index is 0.0404. The first-order valence-electron chi connectivity index (χ1n) is 6.41. The largest absolute Gasteiger partial charge is 0.508 e. The summed E-state index contributed by atoms with van der Waals surface area (Å²) in [4.78, 5) is 12.0. The van der Waals surface area contributed by atoms with Gasteiger partial charge < -0.3 is 15.5 Å². The number of benzene rings is 1. The van der Waals surface area contributed by atoms with Crippen LogP contribution in [0.4, 0.5) is 0 Å². The first kappa shape index (κ1) is 12.9. The molecule has 1 aliphatic carbocycles. The summed E-state index contributed by atoms with van der Waals surface area (Å²) >= 11 is 0. The van der Waals surface area contributed by atoms with Gasteiger partial charge in [-0.25, -0.2) is 0 Å². The molecule has 1 amide bonds. The summed E-state index contributed by atoms with van der Waals surface area (Å²) in [6.07, 6.45) is 4.07. The lowest BCUT2D eigenvalue weighted by Gasteiger charge is -2.30. The van der Waals surface area contributed by atoms with Gasteiger partial charge in [-0.05, 0) is 31.0 Å². The maximum absolute atomic E-state index is 12.0. The van der Waals surface area contributed by atoms with Crippen molar-refractivity contribution >= 4 is 5.91 Å². The fraction of sp³-hybridized carbons (Fsp3) is 0.500. The van der Waals surface area contributed by atoms with Gasteiger partial charge in [0.05, 0.1) is 0 Å². The van der Waals surface area contributed by atoms with Crippen molar-refractivity contribution < 1.29 is 15.0 Å². The van der Waals surface area contributed by atoms with Crippen LogP contribution in [0.25, 0.3) is 0 Å². The van der Waals surface area contributed by atoms with Crippen LogP contribution < -0.4 is 5.32 Å². The van der Waals surface area contributed by atoms with Crippen LogP contribution in [0.1, 0.15) is 36.0 Å². The van der Waals surface area contributed by atoms with E-state index in [1.807, 2.05) is 0 Å². The quantitative estimate of drug-likeness (QED) is 0.763. The molecule has 1 fully saturated rings. The molecule has 98 valence electrons. The highest BCUT2D eigenvalue weighted by atomic mass is 16.3. The molecule has 1 aromatic rings. The van der Waals surface area contributed by atoms with Gasteiger partial charge >= 0.3 is 0 Å². The molecule has 18 heavy (non-hydrogen) atoms. The molecule has 0 heterocycles. The number of carbonyl (C=O) groups is 1. The van der Waals surface area contributed by atoms with E-state index in [9.17, 15) is 15.0 Å². The van der Waals surface area contributed by atoms with Gasteiger partial charge in [0.15, 0.2) is 0 Å². The second-order valence-corrected chi connectivity index (χ2v) is 4.86. The van der Waals surface area contributed by atoms with Crippen molar-refractivity contribution in [1.29, 1.82) is 0 Å². The second-order valence-electron chi connectivity index (χ2n) is 4.86. The number of aliphatic hydroxyl groups excluding tert-OH is 1. The number of phenolic OH excluding ortho intramolecular Hbond substituents is 1. The third-order valence-corrected chi connectivity index (χ3v) is 3.57. The van der Waals surface area contributed by atoms with Crippen LogP contribution in [-0.2, 0) is 0 Å². The molecule has 1 saturated carbocycles. The Morgan fingerprint density at radius 1 is 1.33 bits per heavy atom. The van der Waals surface area contributed by atoms with Crippen LogP contribution >= 0.6 is 0 Å². The normalized spacial score (nSPS) is 23.6. The van der Waals surface area contributed by atoms with Crippen LogP contribution in [0.3, 0.4) is 0 Å². The topological polar surface area (TPSA) is 69.6 Å². The van der Waals surface area contributed by atoms with Crippen molar-refractivity contribution in [3.05, 3.63) is 29.8 Å². The minimum atomic E-state index is -0.184. The molecule has 0 bridgehead atoms. The smallest absolute Gasteiger partial charge is 0.251 e. The number of amides is 1. The SMILES string of the molecule is O=C(NC1CCCCC1CO)c1cccc(O)c1. The zero-order valence-corrected chi connectivity index (χ0v) is 10.3. The highest BCUT2D eigenvalue weighted by molar-refractivity contribution is 5.94. The van der Waals surface area contributed by atoms with E-state index in [2.05, 4.69) is 5.32 Å². The van der Waals surface area contributed by atoms with E-state index in [4.69, 9.17) is 0 Å². The summed E-state index contributed by atoms with van der Waals surface area (Å²) in [5, 5.41) is 21.6. The van der Waals surface area contributed by atoms with Crippen LogP contribution in [0.15, 0.2) is 24.3 Å². The molecule has 2 atom stereocenters. The molecule has 4 heteroatoms. The first-order valence-corrected chi connectivity index (χ1v) is 6.41. The number of nitrogens with one attached hydrogen (secondary N) is 1. The molecule has 2 rings (SSSR count). The number of hydrogen-bond donors (Lipinski definition) is 3. The molecule has 0 radical (unpaired) electrons. The second kappa shape index (κ2) is 5.87. The number of hydrogen-bond acceptors (Lipinski definition) is 3. The Morgan fingerprint density at radius 2 is 2.11 bits per heavy atom. The fourth-order valence-corrected chi connectivity index (χ4v) is 2.52. The summed E-state index contributed by atoms with van der Waals surface area (Å²) in [6.45, 7) is 0.116. The molecular formula is C14H19NO3. The van der Waals surface area contributed by atoms with Crippen molar-refractivity contribution in [2.24, 2.45) is 5.92 Å². The van der Waals surface area contributed by atoms with E-state index in [0.717, 1.165) is 25.7 Å². The molecule has 2 unspecified atom stereocenters. The van der Waals surface area contributed by atoms with Crippen molar-refractivity contribution in [1.82, 2.24) is 5.32 Å². The Morgan fingerprint density at radius 3 is 2.83 bits per heavy atom. The summed E-state index contributed by atoms with van der Waals surface area (Å²) in [7, 11) is 0. The van der Waals surface area contributed by atoms with Crippen LogP contribution in [0.5, 0.6) is 5.75 Å². The number of aromatic hydroxyl groups is 1. The van der Waals surface area contributed by atoms with Crippen LogP contribution in [-0.4, -0.2) is 28.8 Å². The first-order chi connectivity index (χ1) is 8.70. The van der Waals surface area contributed by atoms with E-state index in [1.54, 1.807) is 12.1 Å². The molecule has 4 nitrogen and oxygen atoms in total. The third-order valence-electron chi connectivity index (χ3n) is 3.57. The van der Waals surface area contributed by atoms with Gasteiger partial charge in [-0.15, -0.1) is 0 Å². The highest BCUT2D eigenvalue weighted by Crippen LogP contribution is 2.24. The maximum atomic E-state index is 12.0. The van der Waals surface area contributed by atoms with E-state index >= 15 is 0 Å². The summed E-state index contributed by atoms with van der Waals surface area (Å²) < 4.78 is 0. The Bertz CT molecular complexity index is 419. The molecule has 0 aliphatic heterocycles. The molecule has 0 saturated heterocycles. The molecular weight excluding hydrogens is 230 g/mol. The van der Waals surface area contributed by atoms with Gasteiger partial charge in [0.2, 0.25) is 0 Å². The van der Waals surface area contributed by atoms with Gasteiger partial charge in [-0.3, -0.25) is 4.79 Å². The zero-order chi connectivity index (χ0) is 13.0. The van der Waals surface area contributed by atoms with Crippen molar-refractivity contribution in [3.63, 3.8) is 0 Å². The van der Waals surface area contributed by atoms with Crippen molar-refractivity contribution in [2.45, 2.75) is 31.7 Å². The third kappa shape index (κ3) is 3.01. The number of phenols is 1. The zero-order valence-electron chi connectivity index (χ0n) is 10.3. The van der Waals surface area contributed by atoms with Crippen LogP contribution in [0.2, 0.25) is 0 Å². The molecule has 0 aromatic heterocycles. The predicted molar refractivity (Wildman–Crippen MR) is 68.4 cm³/mol. The number of carbonyl (C=O) groups excluding carboxylic acids is 1. The maximum Gasteiger partial charge on any atom is 0.251 e. The average Bonchev–Trinajstić information content (AvgIpc) is 2.39. The van der Waals surface area contributed by atoms with E-state index in [1.165, 1.54) is 12.1 Å². The molecule has 3 N–H and O–H groups in total. The average molecular weight is 249 g/mol. The monoisotopic (exact) mass is 249 g/mol. The standard InChI is InChI=1S/C14H19NO3/c16-9-11-4-1-2-7-13(11)15-14(18)10-5-3-6-12(17)8-10/h3,5-6,8,11,13,16-17H,1-2,4,7,9H2,(H,15,18). The molecule has 0 spiro atoms. The molecule has 1 aromatic carbocycles. The van der Waals surface area contributed by atoms with Gasteiger partial charge in [0.1, 0.15) is 5.75 Å². The predicted octanol–water partition coefficient (Wildman–Crippen LogP) is 1.67. The van der Waals surface area contributed by atoms with Crippen LogP contribution in [0, 0.1) is 5.92 Å². The fourth-order valence-electron chi connectivity index (χ4n) is 2.52. The number of aliphatic hydroxyl groups is 1. The van der Waals surface area contributed by atoms with E-state index < -0.39 is 0 Å². The Balaban J connectivity index is 2.02. The van der Waals surface area contributed by atoms with Crippen molar-refractivity contribution in [3.8, 4) is 5.75 Å². The van der Waals surface area contributed by atoms with Gasteiger partial charge in [0.25, 0.3) is 5.91 Å². The van der Waals surface area contributed by atoms with Gasteiger partial charge in [-0.1, -0.05) is 18.9 Å². The van der Waals surface area contributed by atoms with Gasteiger partial charge in [0, 0.05) is 24.1 Å². The lowest BCUT2D eigenvalue weighted by molar-refractivity contribution is 0.0872. The number of rotatable bonds is 3. The lowest BCUT2D eigenvalue weighted by atomic mass is 9.85. The summed E-state index contributed by atoms with van der Waals surface area (Å²) in [5.41, 5.74) is 0.456. The Labute approximate surface area is 107 Å². The summed E-state index contributed by atoms with van der Waals surface area (Å²) in [6, 6.07) is 6.35. The highest BCUT2D eigenvalue weighted by Gasteiger charge is 2.26. The lowest BCUT2D eigenvalue weighted by Crippen LogP contribution is -2.43. The Hall–Kier alpha value is -1.55. The Kier molecular flexibility index (Phi) is 4.20. The minimum Gasteiger partial charge on any atom is -0.508 e. The van der Waals surface area contributed by atoms with Crippen molar-refractivity contribution in [2.75, 3.05) is 6.61 Å². The van der Waals surface area contributed by atoms with E-state index in [-0.39, 0.29) is 30.2 Å². The van der Waals surface area contributed by atoms with Gasteiger partial charge in [-0.2, -0.15) is 0 Å². The molecule has 1 aliphatic rings.